The molecule has 0 amide bonds. The molecule has 160 valence electrons. The number of hydrogen-bond acceptors (Lipinski definition) is 0. The van der Waals surface area contributed by atoms with Gasteiger partial charge >= 0.3 is 37.9 Å². The number of nitrogens with zero attached hydrogens (tertiary/aromatic N) is 1. The summed E-state index contributed by atoms with van der Waals surface area (Å²) in [4.78, 5) is 0. The van der Waals surface area contributed by atoms with Crippen LogP contribution in [0.4, 0.5) is 0 Å². The van der Waals surface area contributed by atoms with Crippen LogP contribution in [-0.2, 0) is 34.3 Å². The Balaban J connectivity index is 0.000000127. The average Bonchev–Trinajstić information content (AvgIpc) is 3.50. The van der Waals surface area contributed by atoms with Crippen LogP contribution in [0.1, 0.15) is 11.1 Å². The molecule has 1 nitrogen and oxygen atoms in total. The van der Waals surface area contributed by atoms with Gasteiger partial charge in [0.2, 0.25) is 0 Å². The second-order valence-corrected chi connectivity index (χ2v) is 11.8. The predicted octanol–water partition coefficient (Wildman–Crippen LogP) is 8.64. The van der Waals surface area contributed by atoms with Crippen LogP contribution >= 0.6 is 17.0 Å². The quantitative estimate of drug-likeness (QED) is 0.168. The minimum absolute atomic E-state index is 0.826. The van der Waals surface area contributed by atoms with Gasteiger partial charge in [0, 0.05) is 12.6 Å². The first-order valence-electron chi connectivity index (χ1n) is 10.8. The molecule has 0 fully saturated rings. The molecule has 1 aliphatic rings. The van der Waals surface area contributed by atoms with Gasteiger partial charge in [-0.3, -0.25) is 0 Å². The molecule has 0 saturated heterocycles. The van der Waals surface area contributed by atoms with Crippen molar-refractivity contribution in [1.29, 1.82) is 0 Å². The summed E-state index contributed by atoms with van der Waals surface area (Å²) in [6, 6.07) is 37.6. The molecule has 7 rings (SSSR count). The molecule has 0 bridgehead atoms. The Bertz CT molecular complexity index is 1520. The normalized spacial score (nSPS) is 11.2. The molecule has 1 heterocycles. The first kappa shape index (κ1) is 22.5. The maximum Gasteiger partial charge on any atom is -0.0253 e. The van der Waals surface area contributed by atoms with Crippen LogP contribution in [0.25, 0.3) is 43.7 Å². The summed E-state index contributed by atoms with van der Waals surface area (Å²) < 4.78 is 2.28. The average molecular weight is 546 g/mol. The maximum absolute atomic E-state index is 4.93. The molecular formula is C29H21Cl2NZr. The Kier molecular flexibility index (Phi) is 6.79. The van der Waals surface area contributed by atoms with E-state index in [1.807, 2.05) is 6.07 Å². The number of benzene rings is 4. The Morgan fingerprint density at radius 2 is 1.48 bits per heavy atom. The number of aryl methyl sites for hydroxylation is 1. The third-order valence-electron chi connectivity index (χ3n) is 6.29. The van der Waals surface area contributed by atoms with E-state index in [9.17, 15) is 0 Å². The number of para-hydroxylation sites is 1. The van der Waals surface area contributed by atoms with E-state index in [-0.39, 0.29) is 0 Å². The number of halogens is 2. The molecule has 1 aromatic heterocycles. The first-order valence-corrected chi connectivity index (χ1v) is 17.1. The number of hydrogen-bond donors (Lipinski definition) is 0. The monoisotopic (exact) mass is 543 g/mol. The summed E-state index contributed by atoms with van der Waals surface area (Å²) in [6.07, 6.45) is 1.05. The summed E-state index contributed by atoms with van der Waals surface area (Å²) in [5.41, 5.74) is 8.15. The first-order chi connectivity index (χ1) is 16.2. The van der Waals surface area contributed by atoms with Crippen LogP contribution in [0, 0.1) is 6.07 Å². The number of aromatic nitrogens is 1. The van der Waals surface area contributed by atoms with Crippen LogP contribution < -0.4 is 0 Å². The molecule has 4 heteroatoms. The van der Waals surface area contributed by atoms with E-state index in [2.05, 4.69) is 109 Å². The van der Waals surface area contributed by atoms with Crippen LogP contribution in [0.2, 0.25) is 0 Å². The van der Waals surface area contributed by atoms with Crippen LogP contribution in [0.3, 0.4) is 0 Å². The Hall–Kier alpha value is -2.25. The van der Waals surface area contributed by atoms with Crippen molar-refractivity contribution in [2.45, 2.75) is 6.42 Å². The van der Waals surface area contributed by atoms with E-state index in [4.69, 9.17) is 17.0 Å². The van der Waals surface area contributed by atoms with Gasteiger partial charge in [0.05, 0.1) is 0 Å². The van der Waals surface area contributed by atoms with Gasteiger partial charge in [0.25, 0.3) is 0 Å². The molecule has 1 aliphatic carbocycles. The fourth-order valence-electron chi connectivity index (χ4n) is 4.86. The molecule has 0 saturated carbocycles. The third-order valence-corrected chi connectivity index (χ3v) is 6.29. The summed E-state index contributed by atoms with van der Waals surface area (Å²) in [6.45, 7) is 0. The molecule has 0 unspecified atom stereocenters. The van der Waals surface area contributed by atoms with Crippen molar-refractivity contribution in [2.24, 2.45) is 7.05 Å². The molecular weight excluding hydrogens is 524 g/mol. The number of fused-ring (bicyclic) bond motifs is 8. The van der Waals surface area contributed by atoms with E-state index in [0.29, 0.717) is 0 Å². The molecule has 33 heavy (non-hydrogen) atoms. The van der Waals surface area contributed by atoms with Crippen molar-refractivity contribution in [3.05, 3.63) is 114 Å². The van der Waals surface area contributed by atoms with E-state index in [0.717, 1.165) is 6.42 Å². The van der Waals surface area contributed by atoms with Crippen molar-refractivity contribution in [3.63, 3.8) is 0 Å². The van der Waals surface area contributed by atoms with Gasteiger partial charge in [-0.05, 0) is 23.4 Å². The molecule has 0 spiro atoms. The summed E-state index contributed by atoms with van der Waals surface area (Å²) >= 11 is -0.826. The summed E-state index contributed by atoms with van der Waals surface area (Å²) in [7, 11) is 12.0. The van der Waals surface area contributed by atoms with E-state index >= 15 is 0 Å². The second kappa shape index (κ2) is 9.94. The fourth-order valence-corrected chi connectivity index (χ4v) is 4.86. The van der Waals surface area contributed by atoms with Gasteiger partial charge in [0.15, 0.2) is 0 Å². The molecule has 6 aromatic rings. The van der Waals surface area contributed by atoms with Crippen LogP contribution in [0.15, 0.2) is 97.1 Å². The molecule has 0 atom stereocenters. The van der Waals surface area contributed by atoms with E-state index in [1.54, 1.807) is 0 Å². The SMILES string of the molecule is Cn1c2ccccc2c2c3ccccc3[cH-]c21.[Cl][Zr+2][Cl].[c-]1cccc2c1Cc1ccccc1-2. The Morgan fingerprint density at radius 3 is 2.33 bits per heavy atom. The zero-order valence-electron chi connectivity index (χ0n) is 18.1. The molecule has 5 aromatic carbocycles. The summed E-state index contributed by atoms with van der Waals surface area (Å²) in [5.74, 6) is 0. The Labute approximate surface area is 212 Å². The second-order valence-electron chi connectivity index (χ2n) is 8.04. The standard InChI is InChI=1S/C16H12N.C13H9.2ClH.Zr/c1-17-14-9-5-4-8-13(14)16-12-7-3-2-6-11(12)10-15(16)17;1-3-7-12-10(5-1)9-11-6-2-4-8-13(11)12;;;/h2-10H,1H3;1-5,7-8H,9H2;2*1H;/q2*-1;;;+4/p-2. The minimum Gasteiger partial charge on any atom is -0.179 e. The van der Waals surface area contributed by atoms with Gasteiger partial charge < -0.3 is 4.57 Å². The zero-order valence-corrected chi connectivity index (χ0v) is 22.1. The van der Waals surface area contributed by atoms with Gasteiger partial charge in [-0.25, -0.2) is 0 Å². The van der Waals surface area contributed by atoms with Crippen LogP contribution in [-0.4, -0.2) is 4.57 Å². The molecule has 0 radical (unpaired) electrons. The minimum atomic E-state index is -0.826. The number of rotatable bonds is 0. The third kappa shape index (κ3) is 4.21. The van der Waals surface area contributed by atoms with Gasteiger partial charge in [0.1, 0.15) is 0 Å². The van der Waals surface area contributed by atoms with Crippen molar-refractivity contribution < 1.29 is 20.8 Å². The van der Waals surface area contributed by atoms with Crippen molar-refractivity contribution >= 4 is 49.6 Å². The molecule has 0 aliphatic heterocycles. The Morgan fingerprint density at radius 1 is 0.818 bits per heavy atom. The van der Waals surface area contributed by atoms with Crippen molar-refractivity contribution in [1.82, 2.24) is 4.57 Å². The fraction of sp³-hybridized carbons (Fsp3) is 0.0690. The molecule has 0 N–H and O–H groups in total. The predicted molar refractivity (Wildman–Crippen MR) is 139 cm³/mol. The van der Waals surface area contributed by atoms with Gasteiger partial charge in [-0.15, -0.1) is 40.6 Å². The topological polar surface area (TPSA) is 4.93 Å². The van der Waals surface area contributed by atoms with Crippen molar-refractivity contribution in [3.8, 4) is 11.1 Å². The van der Waals surface area contributed by atoms with Crippen molar-refractivity contribution in [2.75, 3.05) is 0 Å². The van der Waals surface area contributed by atoms with E-state index in [1.165, 1.54) is 54.8 Å². The smallest absolute Gasteiger partial charge is 0.0253 e. The largest absolute Gasteiger partial charge is 0.179 e. The zero-order chi connectivity index (χ0) is 22.8. The van der Waals surface area contributed by atoms with Crippen LogP contribution in [0.5, 0.6) is 0 Å². The van der Waals surface area contributed by atoms with Gasteiger partial charge in [-0.1, -0.05) is 65.0 Å². The summed E-state index contributed by atoms with van der Waals surface area (Å²) in [5, 5.41) is 5.43. The maximum atomic E-state index is 4.93. The van der Waals surface area contributed by atoms with E-state index < -0.39 is 20.8 Å². The van der Waals surface area contributed by atoms with Gasteiger partial charge in [-0.2, -0.15) is 29.8 Å².